The Labute approximate surface area is 120 Å². The van der Waals surface area contributed by atoms with Crippen LogP contribution in [-0.4, -0.2) is 55.3 Å². The van der Waals surface area contributed by atoms with Crippen LogP contribution in [0.1, 0.15) is 34.6 Å². The molecule has 1 N–H and O–H groups in total. The Morgan fingerprint density at radius 3 is 2.20 bits per heavy atom. The Bertz CT molecular complexity index is 507. The van der Waals surface area contributed by atoms with E-state index >= 15 is 0 Å². The molecule has 1 fully saturated rings. The number of piperazine rings is 1. The van der Waals surface area contributed by atoms with Crippen LogP contribution in [0.4, 0.5) is 0 Å². The highest BCUT2D eigenvalue weighted by molar-refractivity contribution is 7.90. The first-order valence-electron chi connectivity index (χ1n) is 6.65. The molecule has 0 aromatic carbocycles. The van der Waals surface area contributed by atoms with Gasteiger partial charge in [0, 0.05) is 12.3 Å². The summed E-state index contributed by atoms with van der Waals surface area (Å²) in [5.41, 5.74) is -0.421. The number of hydrogen-bond donors (Lipinski definition) is 1. The molecular formula is C13H24N2O4S. The standard InChI is InChI=1S/C13H24N2O4S/c1-8(7-20(6,18)19)15-9(2)11(16)14-10(12(15)17)13(3,4)5/h8-10H,7H2,1-6H3,(H,14,16). The van der Waals surface area contributed by atoms with Crippen LogP contribution >= 0.6 is 0 Å². The fourth-order valence-electron chi connectivity index (χ4n) is 2.50. The molecule has 1 rings (SSSR count). The number of carbonyl (C=O) groups excluding carboxylic acids is 2. The van der Waals surface area contributed by atoms with Gasteiger partial charge in [-0.1, -0.05) is 20.8 Å². The summed E-state index contributed by atoms with van der Waals surface area (Å²) in [5.74, 6) is -0.613. The maximum absolute atomic E-state index is 12.6. The molecule has 0 bridgehead atoms. The molecule has 0 aliphatic carbocycles. The monoisotopic (exact) mass is 304 g/mol. The summed E-state index contributed by atoms with van der Waals surface area (Å²) in [7, 11) is -3.22. The van der Waals surface area contributed by atoms with E-state index in [2.05, 4.69) is 5.32 Å². The molecule has 3 atom stereocenters. The van der Waals surface area contributed by atoms with Crippen LogP contribution < -0.4 is 5.32 Å². The first kappa shape index (κ1) is 16.9. The summed E-state index contributed by atoms with van der Waals surface area (Å²) in [4.78, 5) is 26.0. The van der Waals surface area contributed by atoms with Crippen molar-refractivity contribution in [2.75, 3.05) is 12.0 Å². The molecule has 1 aliphatic heterocycles. The molecule has 7 heteroatoms. The van der Waals surface area contributed by atoms with Crippen LogP contribution in [0.25, 0.3) is 0 Å². The van der Waals surface area contributed by atoms with E-state index in [0.29, 0.717) is 0 Å². The van der Waals surface area contributed by atoms with Gasteiger partial charge in [-0.15, -0.1) is 0 Å². The van der Waals surface area contributed by atoms with Gasteiger partial charge in [0.15, 0.2) is 0 Å². The zero-order valence-corrected chi connectivity index (χ0v) is 13.7. The zero-order chi connectivity index (χ0) is 15.9. The number of hydrogen-bond acceptors (Lipinski definition) is 4. The van der Waals surface area contributed by atoms with Crippen molar-refractivity contribution in [1.82, 2.24) is 10.2 Å². The van der Waals surface area contributed by atoms with Gasteiger partial charge < -0.3 is 10.2 Å². The zero-order valence-electron chi connectivity index (χ0n) is 12.9. The second-order valence-electron chi connectivity index (χ2n) is 6.67. The molecule has 0 spiro atoms. The quantitative estimate of drug-likeness (QED) is 0.806. The molecule has 0 saturated carbocycles. The van der Waals surface area contributed by atoms with Gasteiger partial charge in [0.05, 0.1) is 5.75 Å². The molecule has 0 aromatic heterocycles. The highest BCUT2D eigenvalue weighted by atomic mass is 32.2. The van der Waals surface area contributed by atoms with E-state index in [1.54, 1.807) is 13.8 Å². The van der Waals surface area contributed by atoms with Gasteiger partial charge in [0.2, 0.25) is 11.8 Å². The third-order valence-corrected chi connectivity index (χ3v) is 4.56. The van der Waals surface area contributed by atoms with Crippen LogP contribution in [0.2, 0.25) is 0 Å². The lowest BCUT2D eigenvalue weighted by Crippen LogP contribution is -2.68. The maximum Gasteiger partial charge on any atom is 0.246 e. The first-order valence-corrected chi connectivity index (χ1v) is 8.71. The molecule has 116 valence electrons. The Balaban J connectivity index is 3.08. The second kappa shape index (κ2) is 5.35. The number of nitrogens with one attached hydrogen (secondary N) is 1. The van der Waals surface area contributed by atoms with Crippen molar-refractivity contribution in [3.05, 3.63) is 0 Å². The van der Waals surface area contributed by atoms with Gasteiger partial charge in [-0.05, 0) is 19.3 Å². The number of amides is 2. The van der Waals surface area contributed by atoms with E-state index in [-0.39, 0.29) is 17.6 Å². The lowest BCUT2D eigenvalue weighted by atomic mass is 9.83. The minimum Gasteiger partial charge on any atom is -0.342 e. The highest BCUT2D eigenvalue weighted by Gasteiger charge is 2.45. The van der Waals surface area contributed by atoms with E-state index in [9.17, 15) is 18.0 Å². The molecule has 2 amide bonds. The van der Waals surface area contributed by atoms with Crippen LogP contribution in [0.15, 0.2) is 0 Å². The molecular weight excluding hydrogens is 280 g/mol. The summed E-state index contributed by atoms with van der Waals surface area (Å²) in [6.07, 6.45) is 1.13. The molecule has 1 aliphatic rings. The molecule has 6 nitrogen and oxygen atoms in total. The van der Waals surface area contributed by atoms with Gasteiger partial charge in [0.1, 0.15) is 21.9 Å². The summed E-state index contributed by atoms with van der Waals surface area (Å²) < 4.78 is 22.8. The predicted molar refractivity (Wildman–Crippen MR) is 76.9 cm³/mol. The number of nitrogens with zero attached hydrogens (tertiary/aromatic N) is 1. The van der Waals surface area contributed by atoms with E-state index in [1.165, 1.54) is 4.90 Å². The normalized spacial score (nSPS) is 26.4. The smallest absolute Gasteiger partial charge is 0.246 e. The summed E-state index contributed by atoms with van der Waals surface area (Å²) >= 11 is 0. The van der Waals surface area contributed by atoms with Crippen molar-refractivity contribution in [3.63, 3.8) is 0 Å². The average Bonchev–Trinajstić information content (AvgIpc) is 2.19. The Morgan fingerprint density at radius 1 is 1.30 bits per heavy atom. The van der Waals surface area contributed by atoms with E-state index in [0.717, 1.165) is 6.26 Å². The lowest BCUT2D eigenvalue weighted by molar-refractivity contribution is -0.153. The van der Waals surface area contributed by atoms with Gasteiger partial charge in [0.25, 0.3) is 0 Å². The van der Waals surface area contributed by atoms with Gasteiger partial charge in [-0.25, -0.2) is 8.42 Å². The van der Waals surface area contributed by atoms with Crippen LogP contribution in [0, 0.1) is 5.41 Å². The molecule has 1 saturated heterocycles. The van der Waals surface area contributed by atoms with Crippen LogP contribution in [0.3, 0.4) is 0 Å². The van der Waals surface area contributed by atoms with Gasteiger partial charge in [-0.2, -0.15) is 0 Å². The summed E-state index contributed by atoms with van der Waals surface area (Å²) in [6.45, 7) is 8.88. The van der Waals surface area contributed by atoms with Gasteiger partial charge in [-0.3, -0.25) is 9.59 Å². The Morgan fingerprint density at radius 2 is 1.80 bits per heavy atom. The SMILES string of the molecule is CC(CS(C)(=O)=O)N1C(=O)C(C(C)(C)C)NC(=O)C1C. The van der Waals surface area contributed by atoms with Crippen molar-refractivity contribution >= 4 is 21.7 Å². The lowest BCUT2D eigenvalue weighted by Gasteiger charge is -2.44. The first-order chi connectivity index (χ1) is 8.84. The predicted octanol–water partition coefficient (Wildman–Crippen LogP) is 0.181. The van der Waals surface area contributed by atoms with Crippen molar-refractivity contribution < 1.29 is 18.0 Å². The van der Waals surface area contributed by atoms with Gasteiger partial charge >= 0.3 is 0 Å². The Hall–Kier alpha value is -1.11. The van der Waals surface area contributed by atoms with Crippen molar-refractivity contribution in [1.29, 1.82) is 0 Å². The number of rotatable bonds is 3. The third-order valence-electron chi connectivity index (χ3n) is 3.47. The van der Waals surface area contributed by atoms with Crippen molar-refractivity contribution in [2.45, 2.75) is 52.7 Å². The minimum atomic E-state index is -3.22. The van der Waals surface area contributed by atoms with E-state index in [1.807, 2.05) is 20.8 Å². The average molecular weight is 304 g/mol. The largest absolute Gasteiger partial charge is 0.342 e. The van der Waals surface area contributed by atoms with Crippen LogP contribution in [-0.2, 0) is 19.4 Å². The molecule has 0 aromatic rings. The summed E-state index contributed by atoms with van der Waals surface area (Å²) in [6, 6.07) is -1.81. The fraction of sp³-hybridized carbons (Fsp3) is 0.846. The van der Waals surface area contributed by atoms with E-state index in [4.69, 9.17) is 0 Å². The molecule has 3 unspecified atom stereocenters. The third kappa shape index (κ3) is 3.71. The highest BCUT2D eigenvalue weighted by Crippen LogP contribution is 2.26. The maximum atomic E-state index is 12.6. The second-order valence-corrected chi connectivity index (χ2v) is 8.86. The van der Waals surface area contributed by atoms with E-state index < -0.39 is 33.4 Å². The van der Waals surface area contributed by atoms with Crippen molar-refractivity contribution in [2.24, 2.45) is 5.41 Å². The Kier molecular flexibility index (Phi) is 4.53. The fourth-order valence-corrected chi connectivity index (χ4v) is 3.53. The number of carbonyl (C=O) groups is 2. The number of sulfone groups is 1. The topological polar surface area (TPSA) is 83.6 Å². The van der Waals surface area contributed by atoms with Crippen LogP contribution in [0.5, 0.6) is 0 Å². The molecule has 0 radical (unpaired) electrons. The minimum absolute atomic E-state index is 0.146. The molecule has 20 heavy (non-hydrogen) atoms. The van der Waals surface area contributed by atoms with Crippen molar-refractivity contribution in [3.8, 4) is 0 Å². The molecule has 1 heterocycles. The summed E-state index contributed by atoms with van der Waals surface area (Å²) in [5, 5.41) is 2.72.